The van der Waals surface area contributed by atoms with Crippen LogP contribution in [0.15, 0.2) is 21.5 Å². The first kappa shape index (κ1) is 16.8. The number of hydrogen-bond acceptors (Lipinski definition) is 4. The number of nitrogens with zero attached hydrogens (tertiary/aromatic N) is 1. The van der Waals surface area contributed by atoms with Crippen LogP contribution in [0.1, 0.15) is 18.4 Å². The third-order valence-corrected chi connectivity index (χ3v) is 5.60. The predicted octanol–water partition coefficient (Wildman–Crippen LogP) is 1.45. The largest absolute Gasteiger partial charge is 0.392 e. The van der Waals surface area contributed by atoms with Crippen LogP contribution in [0.4, 0.5) is 4.39 Å². The summed E-state index contributed by atoms with van der Waals surface area (Å²) in [5.41, 5.74) is -0.0530. The van der Waals surface area contributed by atoms with Gasteiger partial charge in [-0.25, -0.2) is 17.5 Å². The lowest BCUT2D eigenvalue weighted by Gasteiger charge is -2.20. The summed E-state index contributed by atoms with van der Waals surface area (Å²) in [6, 6.07) is 2.70. The molecule has 2 N–H and O–H groups in total. The van der Waals surface area contributed by atoms with Crippen molar-refractivity contribution in [2.24, 2.45) is 0 Å². The van der Waals surface area contributed by atoms with Crippen LogP contribution in [-0.4, -0.2) is 44.6 Å². The Bertz CT molecular complexity index is 624. The van der Waals surface area contributed by atoms with Crippen LogP contribution in [0.25, 0.3) is 0 Å². The summed E-state index contributed by atoms with van der Waals surface area (Å²) in [7, 11) is -2.01. The van der Waals surface area contributed by atoms with Gasteiger partial charge in [-0.05, 0) is 38.6 Å². The van der Waals surface area contributed by atoms with E-state index in [0.717, 1.165) is 19.4 Å². The van der Waals surface area contributed by atoms with Crippen LogP contribution in [-0.2, 0) is 16.6 Å². The summed E-state index contributed by atoms with van der Waals surface area (Å²) in [4.78, 5) is 1.64. The molecule has 1 aromatic carbocycles. The number of nitrogens with one attached hydrogen (secondary N) is 1. The monoisotopic (exact) mass is 380 g/mol. The topological polar surface area (TPSA) is 69.6 Å². The highest BCUT2D eigenvalue weighted by molar-refractivity contribution is 9.10. The molecule has 1 heterocycles. The minimum absolute atomic E-state index is 0.0530. The maximum atomic E-state index is 14.1. The summed E-state index contributed by atoms with van der Waals surface area (Å²) in [5, 5.41) is 9.09. The molecule has 118 valence electrons. The summed E-state index contributed by atoms with van der Waals surface area (Å²) in [6.45, 7) is 0.630. The maximum Gasteiger partial charge on any atom is 0.243 e. The molecule has 1 unspecified atom stereocenters. The van der Waals surface area contributed by atoms with Crippen molar-refractivity contribution in [3.8, 4) is 0 Å². The highest BCUT2D eigenvalue weighted by Gasteiger charge is 2.26. The molecule has 0 bridgehead atoms. The van der Waals surface area contributed by atoms with Crippen molar-refractivity contribution >= 4 is 26.0 Å². The van der Waals surface area contributed by atoms with E-state index in [9.17, 15) is 12.8 Å². The first-order chi connectivity index (χ1) is 9.85. The fourth-order valence-corrected chi connectivity index (χ4v) is 4.32. The number of likely N-dealkylation sites (N-methyl/N-ethyl adjacent to an activating group) is 1. The maximum absolute atomic E-state index is 14.1. The van der Waals surface area contributed by atoms with Gasteiger partial charge in [-0.2, -0.15) is 0 Å². The molecule has 8 heteroatoms. The van der Waals surface area contributed by atoms with Gasteiger partial charge in [0.25, 0.3) is 0 Å². The van der Waals surface area contributed by atoms with E-state index in [1.165, 1.54) is 12.1 Å². The molecule has 0 saturated carbocycles. The Balaban J connectivity index is 2.21. The van der Waals surface area contributed by atoms with Crippen molar-refractivity contribution in [1.29, 1.82) is 0 Å². The average molecular weight is 381 g/mol. The van der Waals surface area contributed by atoms with E-state index < -0.39 is 27.3 Å². The first-order valence-electron chi connectivity index (χ1n) is 6.64. The van der Waals surface area contributed by atoms with Crippen molar-refractivity contribution in [1.82, 2.24) is 9.62 Å². The molecule has 1 saturated heterocycles. The number of likely N-dealkylation sites (tertiary alicyclic amines) is 1. The second-order valence-electron chi connectivity index (χ2n) is 5.16. The Kier molecular flexibility index (Phi) is 5.37. The molecule has 0 aliphatic carbocycles. The average Bonchev–Trinajstić information content (AvgIpc) is 2.84. The Morgan fingerprint density at radius 2 is 2.24 bits per heavy atom. The number of rotatable bonds is 5. The zero-order chi connectivity index (χ0) is 15.6. The minimum Gasteiger partial charge on any atom is -0.392 e. The third-order valence-electron chi connectivity index (χ3n) is 3.72. The molecular weight excluding hydrogens is 363 g/mol. The Morgan fingerprint density at radius 1 is 1.52 bits per heavy atom. The number of aliphatic hydroxyl groups is 1. The smallest absolute Gasteiger partial charge is 0.243 e. The fourth-order valence-electron chi connectivity index (χ4n) is 2.45. The predicted molar refractivity (Wildman–Crippen MR) is 80.9 cm³/mol. The molecule has 5 nitrogen and oxygen atoms in total. The van der Waals surface area contributed by atoms with Crippen LogP contribution in [0.3, 0.4) is 0 Å². The van der Waals surface area contributed by atoms with Crippen LogP contribution < -0.4 is 4.72 Å². The van der Waals surface area contributed by atoms with Gasteiger partial charge in [0.2, 0.25) is 10.0 Å². The van der Waals surface area contributed by atoms with Gasteiger partial charge in [0.05, 0.1) is 6.61 Å². The van der Waals surface area contributed by atoms with Gasteiger partial charge in [-0.1, -0.05) is 15.9 Å². The molecule has 2 rings (SSSR count). The van der Waals surface area contributed by atoms with E-state index in [1.807, 2.05) is 7.05 Å². The Morgan fingerprint density at radius 3 is 2.81 bits per heavy atom. The molecule has 0 amide bonds. The molecule has 0 spiro atoms. The van der Waals surface area contributed by atoms with Crippen molar-refractivity contribution in [3.05, 3.63) is 28.0 Å². The van der Waals surface area contributed by atoms with Gasteiger partial charge >= 0.3 is 0 Å². The van der Waals surface area contributed by atoms with Gasteiger partial charge in [0.1, 0.15) is 10.7 Å². The minimum atomic E-state index is -3.95. The summed E-state index contributed by atoms with van der Waals surface area (Å²) >= 11 is 3.13. The normalized spacial score (nSPS) is 20.1. The van der Waals surface area contributed by atoms with E-state index in [0.29, 0.717) is 4.47 Å². The third kappa shape index (κ3) is 3.81. The van der Waals surface area contributed by atoms with Crippen LogP contribution in [0.5, 0.6) is 0 Å². The Labute approximate surface area is 132 Å². The van der Waals surface area contributed by atoms with Crippen molar-refractivity contribution in [2.45, 2.75) is 30.4 Å². The van der Waals surface area contributed by atoms with Crippen LogP contribution in [0.2, 0.25) is 0 Å². The lowest BCUT2D eigenvalue weighted by atomic mass is 10.2. The standard InChI is InChI=1S/C13H18BrFN2O3S/c1-17-4-2-3-11(17)7-16-21(19,20)12-6-10(14)5-9(8-18)13(12)15/h5-6,11,16,18H,2-4,7-8H2,1H3. The van der Waals surface area contributed by atoms with E-state index in [-0.39, 0.29) is 18.2 Å². The molecular formula is C13H18BrFN2O3S. The second kappa shape index (κ2) is 6.70. The Hall–Kier alpha value is -0.540. The molecule has 1 aliphatic heterocycles. The van der Waals surface area contributed by atoms with Gasteiger partial charge in [-0.15, -0.1) is 0 Å². The lowest BCUT2D eigenvalue weighted by Crippen LogP contribution is -2.38. The number of halogens is 2. The zero-order valence-electron chi connectivity index (χ0n) is 11.6. The molecule has 1 fully saturated rings. The van der Waals surface area contributed by atoms with Crippen LogP contribution in [0, 0.1) is 5.82 Å². The van der Waals surface area contributed by atoms with Gasteiger partial charge < -0.3 is 10.0 Å². The highest BCUT2D eigenvalue weighted by Crippen LogP contribution is 2.24. The van der Waals surface area contributed by atoms with Crippen molar-refractivity contribution < 1.29 is 17.9 Å². The number of hydrogen-bond donors (Lipinski definition) is 2. The van der Waals surface area contributed by atoms with Crippen molar-refractivity contribution in [2.75, 3.05) is 20.1 Å². The molecule has 1 aromatic rings. The van der Waals surface area contributed by atoms with Gasteiger partial charge in [-0.3, -0.25) is 0 Å². The van der Waals surface area contributed by atoms with Crippen LogP contribution >= 0.6 is 15.9 Å². The zero-order valence-corrected chi connectivity index (χ0v) is 14.0. The van der Waals surface area contributed by atoms with E-state index in [4.69, 9.17) is 5.11 Å². The SMILES string of the molecule is CN1CCCC1CNS(=O)(=O)c1cc(Br)cc(CO)c1F. The van der Waals surface area contributed by atoms with E-state index >= 15 is 0 Å². The number of benzene rings is 1. The number of aliphatic hydroxyl groups excluding tert-OH is 1. The first-order valence-corrected chi connectivity index (χ1v) is 8.91. The molecule has 0 radical (unpaired) electrons. The quantitative estimate of drug-likeness (QED) is 0.810. The lowest BCUT2D eigenvalue weighted by molar-refractivity contribution is 0.274. The number of sulfonamides is 1. The van der Waals surface area contributed by atoms with E-state index in [1.54, 1.807) is 0 Å². The fraction of sp³-hybridized carbons (Fsp3) is 0.538. The van der Waals surface area contributed by atoms with E-state index in [2.05, 4.69) is 25.6 Å². The second-order valence-corrected chi connectivity index (χ2v) is 7.81. The van der Waals surface area contributed by atoms with Gasteiger partial charge in [0, 0.05) is 22.6 Å². The molecule has 1 atom stereocenters. The highest BCUT2D eigenvalue weighted by atomic mass is 79.9. The van der Waals surface area contributed by atoms with Crippen molar-refractivity contribution in [3.63, 3.8) is 0 Å². The molecule has 21 heavy (non-hydrogen) atoms. The summed E-state index contributed by atoms with van der Waals surface area (Å²) < 4.78 is 41.5. The van der Waals surface area contributed by atoms with Gasteiger partial charge in [0.15, 0.2) is 0 Å². The summed E-state index contributed by atoms with van der Waals surface area (Å²) in [5.74, 6) is -0.909. The summed E-state index contributed by atoms with van der Waals surface area (Å²) in [6.07, 6.45) is 1.95. The molecule has 1 aliphatic rings. The molecule has 0 aromatic heterocycles.